The van der Waals surface area contributed by atoms with Crippen LogP contribution in [0.15, 0.2) is 17.6 Å². The van der Waals surface area contributed by atoms with E-state index < -0.39 is 15.6 Å². The second-order valence-corrected chi connectivity index (χ2v) is 6.67. The highest BCUT2D eigenvalue weighted by Gasteiger charge is 2.37. The Hall–Kier alpha value is -0.590. The molecule has 0 aliphatic heterocycles. The number of nitrogens with zero attached hydrogens (tertiary/aromatic N) is 2. The summed E-state index contributed by atoms with van der Waals surface area (Å²) in [6.07, 6.45) is 6.68. The maximum atomic E-state index is 12.2. The van der Waals surface area contributed by atoms with Crippen LogP contribution in [0.2, 0.25) is 0 Å². The van der Waals surface area contributed by atoms with Gasteiger partial charge in [0.2, 0.25) is 0 Å². The lowest BCUT2D eigenvalue weighted by molar-refractivity contribution is 0.432. The van der Waals surface area contributed by atoms with Crippen LogP contribution in [0.1, 0.15) is 32.6 Å². The highest BCUT2D eigenvalue weighted by molar-refractivity contribution is 7.89. The number of hydrogen-bond donors (Lipinski definition) is 1. The Bertz CT molecular complexity index is 506. The van der Waals surface area contributed by atoms with E-state index in [0.29, 0.717) is 12.4 Å². The first kappa shape index (κ1) is 13.8. The van der Waals surface area contributed by atoms with Crippen LogP contribution in [-0.4, -0.2) is 29.4 Å². The molecule has 0 saturated heterocycles. The lowest BCUT2D eigenvalue weighted by atomic mass is 10.0. The van der Waals surface area contributed by atoms with Crippen molar-refractivity contribution in [2.45, 2.75) is 49.7 Å². The van der Waals surface area contributed by atoms with E-state index in [-0.39, 0.29) is 5.03 Å². The van der Waals surface area contributed by atoms with Crippen molar-refractivity contribution in [3.63, 3.8) is 0 Å². The molecule has 0 atom stereocenters. The molecular formula is C11H18ClN3O2S. The van der Waals surface area contributed by atoms with Crippen molar-refractivity contribution in [1.29, 1.82) is 0 Å². The Kier molecular flexibility index (Phi) is 3.99. The lowest BCUT2D eigenvalue weighted by Gasteiger charge is -2.26. The molecule has 102 valence electrons. The molecule has 0 amide bonds. The predicted molar refractivity (Wildman–Crippen MR) is 70.1 cm³/mol. The van der Waals surface area contributed by atoms with Gasteiger partial charge in [0.05, 0.1) is 6.33 Å². The zero-order valence-electron chi connectivity index (χ0n) is 10.4. The van der Waals surface area contributed by atoms with Crippen molar-refractivity contribution in [2.75, 3.05) is 5.88 Å². The van der Waals surface area contributed by atoms with Gasteiger partial charge in [-0.15, -0.1) is 11.6 Å². The summed E-state index contributed by atoms with van der Waals surface area (Å²) in [6, 6.07) is 0. The molecule has 0 spiro atoms. The van der Waals surface area contributed by atoms with Gasteiger partial charge in [-0.25, -0.2) is 18.1 Å². The zero-order valence-corrected chi connectivity index (χ0v) is 12.0. The van der Waals surface area contributed by atoms with Crippen molar-refractivity contribution in [1.82, 2.24) is 14.3 Å². The van der Waals surface area contributed by atoms with Gasteiger partial charge in [0.15, 0.2) is 5.03 Å². The molecule has 1 saturated carbocycles. The third-order valence-corrected chi connectivity index (χ3v) is 5.39. The molecule has 0 bridgehead atoms. The highest BCUT2D eigenvalue weighted by Crippen LogP contribution is 2.32. The fourth-order valence-electron chi connectivity index (χ4n) is 2.30. The molecule has 0 aromatic carbocycles. The number of hydrogen-bond acceptors (Lipinski definition) is 3. The summed E-state index contributed by atoms with van der Waals surface area (Å²) >= 11 is 5.94. The van der Waals surface area contributed by atoms with Crippen LogP contribution in [0.5, 0.6) is 0 Å². The lowest BCUT2D eigenvalue weighted by Crippen LogP contribution is -2.47. The molecule has 1 aromatic heterocycles. The standard InChI is InChI=1S/C11H18ClN3O2S/c1-2-15-7-10(13-9-15)18(16,17)14-11(8-12)5-3-4-6-11/h7,9,14H,2-6,8H2,1H3. The highest BCUT2D eigenvalue weighted by atomic mass is 35.5. The van der Waals surface area contributed by atoms with E-state index in [0.717, 1.165) is 25.7 Å². The Balaban J connectivity index is 2.21. The topological polar surface area (TPSA) is 64.0 Å². The first-order chi connectivity index (χ1) is 8.51. The van der Waals surface area contributed by atoms with Gasteiger partial charge in [0.1, 0.15) is 0 Å². The molecule has 2 rings (SSSR count). The summed E-state index contributed by atoms with van der Waals surface area (Å²) in [5.41, 5.74) is -0.490. The molecule has 7 heteroatoms. The van der Waals surface area contributed by atoms with Gasteiger partial charge in [0, 0.05) is 24.2 Å². The molecular weight excluding hydrogens is 274 g/mol. The van der Waals surface area contributed by atoms with E-state index >= 15 is 0 Å². The number of imidazole rings is 1. The average molecular weight is 292 g/mol. The van der Waals surface area contributed by atoms with Crippen molar-refractivity contribution in [2.24, 2.45) is 0 Å². The van der Waals surface area contributed by atoms with Crippen molar-refractivity contribution in [3.8, 4) is 0 Å². The maximum Gasteiger partial charge on any atom is 0.260 e. The van der Waals surface area contributed by atoms with Crippen molar-refractivity contribution >= 4 is 21.6 Å². The third kappa shape index (κ3) is 2.70. The van der Waals surface area contributed by atoms with E-state index in [1.54, 1.807) is 10.8 Å². The number of nitrogens with one attached hydrogen (secondary N) is 1. The molecule has 1 aromatic rings. The van der Waals surface area contributed by atoms with Gasteiger partial charge in [0.25, 0.3) is 10.0 Å². The van der Waals surface area contributed by atoms with Gasteiger partial charge in [-0.2, -0.15) is 0 Å². The van der Waals surface area contributed by atoms with E-state index in [9.17, 15) is 8.42 Å². The molecule has 1 aliphatic rings. The van der Waals surface area contributed by atoms with Gasteiger partial charge in [-0.3, -0.25) is 0 Å². The Morgan fingerprint density at radius 1 is 1.50 bits per heavy atom. The zero-order chi connectivity index (χ0) is 13.2. The summed E-state index contributed by atoms with van der Waals surface area (Å²) in [6.45, 7) is 2.63. The second kappa shape index (κ2) is 5.19. The fourth-order valence-corrected chi connectivity index (χ4v) is 4.13. The van der Waals surface area contributed by atoms with Crippen LogP contribution in [0, 0.1) is 0 Å². The molecule has 5 nitrogen and oxygen atoms in total. The van der Waals surface area contributed by atoms with Crippen LogP contribution in [0.25, 0.3) is 0 Å². The number of halogens is 1. The van der Waals surface area contributed by atoms with E-state index in [1.165, 1.54) is 6.33 Å². The molecule has 18 heavy (non-hydrogen) atoms. The Morgan fingerprint density at radius 3 is 2.67 bits per heavy atom. The van der Waals surface area contributed by atoms with E-state index in [4.69, 9.17) is 11.6 Å². The molecule has 1 heterocycles. The van der Waals surface area contributed by atoms with Crippen LogP contribution in [0.4, 0.5) is 0 Å². The summed E-state index contributed by atoms with van der Waals surface area (Å²) in [4.78, 5) is 3.94. The number of sulfonamides is 1. The minimum Gasteiger partial charge on any atom is -0.336 e. The van der Waals surface area contributed by atoms with Gasteiger partial charge in [-0.1, -0.05) is 12.8 Å². The third-order valence-electron chi connectivity index (χ3n) is 3.42. The van der Waals surface area contributed by atoms with Gasteiger partial charge >= 0.3 is 0 Å². The number of aromatic nitrogens is 2. The largest absolute Gasteiger partial charge is 0.336 e. The van der Waals surface area contributed by atoms with Crippen LogP contribution in [-0.2, 0) is 16.6 Å². The minimum atomic E-state index is -3.57. The van der Waals surface area contributed by atoms with E-state index in [2.05, 4.69) is 9.71 Å². The van der Waals surface area contributed by atoms with E-state index in [1.807, 2.05) is 6.92 Å². The molecule has 1 N–H and O–H groups in total. The quantitative estimate of drug-likeness (QED) is 0.841. The Morgan fingerprint density at radius 2 is 2.17 bits per heavy atom. The van der Waals surface area contributed by atoms with Crippen LogP contribution in [0.3, 0.4) is 0 Å². The van der Waals surface area contributed by atoms with Crippen LogP contribution < -0.4 is 4.72 Å². The smallest absolute Gasteiger partial charge is 0.260 e. The maximum absolute atomic E-state index is 12.2. The average Bonchev–Trinajstić information content (AvgIpc) is 2.97. The summed E-state index contributed by atoms with van der Waals surface area (Å²) in [7, 11) is -3.57. The molecule has 1 fully saturated rings. The number of alkyl halides is 1. The summed E-state index contributed by atoms with van der Waals surface area (Å²) < 4.78 is 28.9. The van der Waals surface area contributed by atoms with Gasteiger partial charge < -0.3 is 4.57 Å². The summed E-state index contributed by atoms with van der Waals surface area (Å²) in [5.74, 6) is 0.306. The SMILES string of the molecule is CCn1cnc(S(=O)(=O)NC2(CCl)CCCC2)c1. The number of aryl methyl sites for hydroxylation is 1. The predicted octanol–water partition coefficient (Wildman–Crippen LogP) is 1.73. The summed E-state index contributed by atoms with van der Waals surface area (Å²) in [5, 5.41) is 0.0701. The Labute approximate surface area is 113 Å². The second-order valence-electron chi connectivity index (χ2n) is 4.77. The first-order valence-corrected chi connectivity index (χ1v) is 8.15. The minimum absolute atomic E-state index is 0.0701. The number of rotatable bonds is 5. The molecule has 0 unspecified atom stereocenters. The van der Waals surface area contributed by atoms with Gasteiger partial charge in [-0.05, 0) is 19.8 Å². The molecule has 0 radical (unpaired) electrons. The fraction of sp³-hybridized carbons (Fsp3) is 0.727. The van der Waals surface area contributed by atoms with Crippen molar-refractivity contribution in [3.05, 3.63) is 12.5 Å². The van der Waals surface area contributed by atoms with Crippen LogP contribution >= 0.6 is 11.6 Å². The monoisotopic (exact) mass is 291 g/mol. The normalized spacial score (nSPS) is 19.2. The first-order valence-electron chi connectivity index (χ1n) is 6.13. The van der Waals surface area contributed by atoms with Crippen molar-refractivity contribution < 1.29 is 8.42 Å². The molecule has 1 aliphatic carbocycles.